The van der Waals surface area contributed by atoms with Gasteiger partial charge in [-0.1, -0.05) is 34.8 Å². The third-order valence-corrected chi connectivity index (χ3v) is 5.84. The lowest BCUT2D eigenvalue weighted by atomic mass is 10.3. The van der Waals surface area contributed by atoms with Crippen molar-refractivity contribution >= 4 is 27.9 Å². The van der Waals surface area contributed by atoms with Crippen molar-refractivity contribution in [3.63, 3.8) is 0 Å². The minimum atomic E-state index is -4.01. The smallest absolute Gasteiger partial charge is 0.408 e. The lowest BCUT2D eigenvalue weighted by Gasteiger charge is -2.19. The van der Waals surface area contributed by atoms with Gasteiger partial charge in [-0.25, -0.2) is 13.2 Å². The molecule has 0 radical (unpaired) electrons. The van der Waals surface area contributed by atoms with Crippen molar-refractivity contribution in [1.29, 1.82) is 0 Å². The predicted molar refractivity (Wildman–Crippen MR) is 85.4 cm³/mol. The van der Waals surface area contributed by atoms with Crippen LogP contribution in [-0.2, 0) is 14.9 Å². The molecular formula is C13H17N3O5S2. The van der Waals surface area contributed by atoms with E-state index in [1.54, 1.807) is 30.3 Å². The number of amides is 1. The maximum Gasteiger partial charge on any atom is 0.458 e. The second kappa shape index (κ2) is 8.39. The number of carbonyl (C=O) groups is 1. The Morgan fingerprint density at radius 3 is 2.83 bits per heavy atom. The molecule has 0 N–H and O–H groups in total. The Morgan fingerprint density at radius 1 is 1.39 bits per heavy atom. The molecule has 1 heterocycles. The zero-order valence-electron chi connectivity index (χ0n) is 12.5. The summed E-state index contributed by atoms with van der Waals surface area (Å²) in [5.74, 6) is 0.856. The topological polar surface area (TPSA) is 97.6 Å². The first-order valence-electron chi connectivity index (χ1n) is 6.98. The second-order valence-corrected chi connectivity index (χ2v) is 7.66. The minimum absolute atomic E-state index is 0.261. The van der Waals surface area contributed by atoms with Gasteiger partial charge in [-0.15, -0.1) is 11.8 Å². The van der Waals surface area contributed by atoms with Gasteiger partial charge < -0.3 is 4.74 Å². The normalized spacial score (nSPS) is 19.3. The van der Waals surface area contributed by atoms with Gasteiger partial charge >= 0.3 is 6.09 Å². The average Bonchev–Trinajstić information content (AvgIpc) is 3.01. The van der Waals surface area contributed by atoms with E-state index >= 15 is 0 Å². The highest BCUT2D eigenvalue weighted by atomic mass is 32.3. The highest BCUT2D eigenvalue weighted by Gasteiger charge is 2.37. The summed E-state index contributed by atoms with van der Waals surface area (Å²) in [4.78, 5) is 16.9. The predicted octanol–water partition coefficient (Wildman–Crippen LogP) is 2.64. The SMILES string of the molecule is CCCON1CCSC1S(=O)(=O)N=NC(=O)Oc1ccccc1. The number of benzene rings is 1. The Bertz CT molecular complexity index is 651. The molecule has 2 rings (SSSR count). The fraction of sp³-hybridized carbons (Fsp3) is 0.462. The van der Waals surface area contributed by atoms with Gasteiger partial charge in [0.1, 0.15) is 5.75 Å². The van der Waals surface area contributed by atoms with Crippen LogP contribution in [0.4, 0.5) is 4.79 Å². The number of para-hydroxylation sites is 1. The molecule has 0 aromatic heterocycles. The molecule has 8 nitrogen and oxygen atoms in total. The molecular weight excluding hydrogens is 342 g/mol. The van der Waals surface area contributed by atoms with E-state index in [0.717, 1.165) is 6.42 Å². The van der Waals surface area contributed by atoms with Crippen molar-refractivity contribution < 1.29 is 22.8 Å². The van der Waals surface area contributed by atoms with Crippen molar-refractivity contribution in [2.45, 2.75) is 18.1 Å². The highest BCUT2D eigenvalue weighted by Crippen LogP contribution is 2.29. The Kier molecular flexibility index (Phi) is 6.51. The van der Waals surface area contributed by atoms with E-state index in [1.807, 2.05) is 6.92 Å². The van der Waals surface area contributed by atoms with Gasteiger partial charge in [0.15, 0.2) is 0 Å². The fourth-order valence-electron chi connectivity index (χ4n) is 1.74. The summed E-state index contributed by atoms with van der Waals surface area (Å²) in [6.45, 7) is 2.81. The molecule has 0 saturated carbocycles. The molecule has 0 aliphatic carbocycles. The van der Waals surface area contributed by atoms with Crippen LogP contribution in [0.1, 0.15) is 13.3 Å². The van der Waals surface area contributed by atoms with Crippen LogP contribution in [0.5, 0.6) is 5.75 Å². The number of sulfonamides is 1. The average molecular weight is 359 g/mol. The first-order valence-corrected chi connectivity index (χ1v) is 9.53. The van der Waals surface area contributed by atoms with Gasteiger partial charge in [-0.3, -0.25) is 4.84 Å². The van der Waals surface area contributed by atoms with E-state index in [4.69, 9.17) is 9.57 Å². The monoisotopic (exact) mass is 359 g/mol. The van der Waals surface area contributed by atoms with Crippen molar-refractivity contribution in [2.24, 2.45) is 9.63 Å². The van der Waals surface area contributed by atoms with Crippen LogP contribution in [0.15, 0.2) is 40.0 Å². The maximum atomic E-state index is 12.2. The summed E-state index contributed by atoms with van der Waals surface area (Å²) in [6.07, 6.45) is -0.331. The molecule has 1 unspecified atom stereocenters. The van der Waals surface area contributed by atoms with Gasteiger partial charge in [0, 0.05) is 12.3 Å². The third kappa shape index (κ3) is 5.27. The molecule has 1 atom stereocenters. The zero-order chi connectivity index (χ0) is 16.7. The van der Waals surface area contributed by atoms with Crippen LogP contribution >= 0.6 is 11.8 Å². The minimum Gasteiger partial charge on any atom is -0.408 e. The van der Waals surface area contributed by atoms with E-state index in [-0.39, 0.29) is 5.75 Å². The number of thioether (sulfide) groups is 1. The van der Waals surface area contributed by atoms with Gasteiger partial charge in [0.05, 0.1) is 6.61 Å². The number of hydrogen-bond acceptors (Lipinski definition) is 7. The summed E-state index contributed by atoms with van der Waals surface area (Å²) in [5, 5.41) is 4.48. The van der Waals surface area contributed by atoms with Crippen molar-refractivity contribution in [3.05, 3.63) is 30.3 Å². The molecule has 23 heavy (non-hydrogen) atoms. The molecule has 1 aromatic rings. The van der Waals surface area contributed by atoms with Gasteiger partial charge in [0.25, 0.3) is 10.0 Å². The molecule has 1 fully saturated rings. The van der Waals surface area contributed by atoms with Gasteiger partial charge in [0.2, 0.25) is 4.71 Å². The molecule has 126 valence electrons. The Labute approximate surface area is 138 Å². The van der Waals surface area contributed by atoms with Gasteiger partial charge in [-0.2, -0.15) is 5.06 Å². The van der Waals surface area contributed by atoms with Crippen molar-refractivity contribution in [3.8, 4) is 5.75 Å². The first-order chi connectivity index (χ1) is 11.0. The van der Waals surface area contributed by atoms with Crippen molar-refractivity contribution in [2.75, 3.05) is 18.9 Å². The number of hydrogen-bond donors (Lipinski definition) is 0. The summed E-state index contributed by atoms with van der Waals surface area (Å²) in [6, 6.07) is 8.21. The van der Waals surface area contributed by atoms with E-state index in [0.29, 0.717) is 18.9 Å². The fourth-order valence-corrected chi connectivity index (χ4v) is 4.38. The summed E-state index contributed by atoms with van der Waals surface area (Å²) < 4.78 is 31.3. The molecule has 1 saturated heterocycles. The van der Waals surface area contributed by atoms with Gasteiger partial charge in [-0.05, 0) is 18.6 Å². The summed E-state index contributed by atoms with van der Waals surface area (Å²) in [7, 11) is -4.01. The molecule has 1 aromatic carbocycles. The molecule has 1 amide bonds. The zero-order valence-corrected chi connectivity index (χ0v) is 14.1. The number of carbonyl (C=O) groups excluding carboxylic acids is 1. The summed E-state index contributed by atoms with van der Waals surface area (Å²) >= 11 is 1.17. The molecule has 0 spiro atoms. The Hall–Kier alpha value is -1.49. The van der Waals surface area contributed by atoms with E-state index < -0.39 is 20.8 Å². The lowest BCUT2D eigenvalue weighted by Crippen LogP contribution is -2.34. The standard InChI is InChI=1S/C13H17N3O5S2/c1-2-9-20-16-8-10-22-13(16)23(18,19)15-14-12(17)21-11-6-4-3-5-7-11/h3-7,13H,2,8-10H2,1H3. The third-order valence-electron chi connectivity index (χ3n) is 2.71. The van der Waals surface area contributed by atoms with Crippen LogP contribution in [-0.4, -0.2) is 43.2 Å². The number of rotatable bonds is 6. The molecule has 1 aliphatic rings. The number of nitrogens with zero attached hydrogens (tertiary/aromatic N) is 3. The second-order valence-electron chi connectivity index (χ2n) is 4.53. The van der Waals surface area contributed by atoms with Crippen LogP contribution < -0.4 is 4.74 Å². The van der Waals surface area contributed by atoms with Crippen LogP contribution in [0.3, 0.4) is 0 Å². The summed E-state index contributed by atoms with van der Waals surface area (Å²) in [5.41, 5.74) is 0. The molecule has 10 heteroatoms. The first kappa shape index (κ1) is 17.9. The Balaban J connectivity index is 1.98. The molecule has 1 aliphatic heterocycles. The van der Waals surface area contributed by atoms with Crippen molar-refractivity contribution in [1.82, 2.24) is 5.06 Å². The van der Waals surface area contributed by atoms with Crippen LogP contribution in [0.25, 0.3) is 0 Å². The largest absolute Gasteiger partial charge is 0.458 e. The van der Waals surface area contributed by atoms with Crippen LogP contribution in [0.2, 0.25) is 0 Å². The quantitative estimate of drug-likeness (QED) is 0.720. The van der Waals surface area contributed by atoms with Crippen LogP contribution in [0, 0.1) is 0 Å². The number of ether oxygens (including phenoxy) is 1. The molecule has 0 bridgehead atoms. The highest BCUT2D eigenvalue weighted by molar-refractivity contribution is 8.13. The lowest BCUT2D eigenvalue weighted by molar-refractivity contribution is -0.144. The maximum absolute atomic E-state index is 12.2. The van der Waals surface area contributed by atoms with E-state index in [2.05, 4.69) is 9.63 Å². The van der Waals surface area contributed by atoms with E-state index in [9.17, 15) is 13.2 Å². The Morgan fingerprint density at radius 2 is 2.13 bits per heavy atom. The van der Waals surface area contributed by atoms with E-state index in [1.165, 1.54) is 16.8 Å². The number of hydroxylamine groups is 2.